The van der Waals surface area contributed by atoms with E-state index in [-0.39, 0.29) is 11.8 Å². The number of nitrogens with zero attached hydrogens (tertiary/aromatic N) is 3. The van der Waals surface area contributed by atoms with Crippen molar-refractivity contribution in [2.75, 3.05) is 25.1 Å². The monoisotopic (exact) mass is 335 g/mol. The first-order chi connectivity index (χ1) is 11.0. The molecule has 124 valence electrons. The predicted molar refractivity (Wildman–Crippen MR) is 87.6 cm³/mol. The Bertz CT molecular complexity index is 743. The molecule has 0 bridgehead atoms. The largest absolute Gasteiger partial charge is 0.337 e. The molecule has 23 heavy (non-hydrogen) atoms. The average molecular weight is 335 g/mol. The fraction of sp³-hybridized carbons (Fsp3) is 0.500. The highest BCUT2D eigenvalue weighted by molar-refractivity contribution is 7.90. The molecule has 1 aliphatic heterocycles. The Balaban J connectivity index is 1.77. The molecule has 0 amide bonds. The summed E-state index contributed by atoms with van der Waals surface area (Å²) in [7, 11) is -2.98. The summed E-state index contributed by atoms with van der Waals surface area (Å²) < 4.78 is 28.3. The van der Waals surface area contributed by atoms with Crippen LogP contribution in [-0.4, -0.2) is 48.6 Å². The maximum Gasteiger partial charge on any atom is 0.244 e. The molecule has 1 atom stereocenters. The van der Waals surface area contributed by atoms with Gasteiger partial charge in [0.05, 0.1) is 11.8 Å². The van der Waals surface area contributed by atoms with Gasteiger partial charge in [0.15, 0.2) is 0 Å². The molecule has 0 aliphatic carbocycles. The Hall–Kier alpha value is -1.73. The first kappa shape index (κ1) is 16.1. The Kier molecular flexibility index (Phi) is 4.77. The van der Waals surface area contributed by atoms with E-state index >= 15 is 0 Å². The van der Waals surface area contributed by atoms with E-state index in [0.29, 0.717) is 18.3 Å². The van der Waals surface area contributed by atoms with Gasteiger partial charge in [0.25, 0.3) is 0 Å². The van der Waals surface area contributed by atoms with Crippen LogP contribution in [0.3, 0.4) is 0 Å². The van der Waals surface area contributed by atoms with Crippen LogP contribution in [0.4, 0.5) is 0 Å². The zero-order valence-corrected chi connectivity index (χ0v) is 14.0. The third-order valence-electron chi connectivity index (χ3n) is 4.12. The van der Waals surface area contributed by atoms with Crippen LogP contribution in [0.5, 0.6) is 0 Å². The van der Waals surface area contributed by atoms with Crippen LogP contribution in [0.1, 0.15) is 31.2 Å². The number of hydrogen-bond acceptors (Lipinski definition) is 6. The third kappa shape index (κ3) is 4.17. The van der Waals surface area contributed by atoms with Crippen molar-refractivity contribution in [1.82, 2.24) is 15.0 Å². The van der Waals surface area contributed by atoms with Crippen LogP contribution in [0.25, 0.3) is 11.4 Å². The maximum absolute atomic E-state index is 11.4. The van der Waals surface area contributed by atoms with E-state index in [9.17, 15) is 8.42 Å². The van der Waals surface area contributed by atoms with E-state index in [1.54, 1.807) is 0 Å². The summed E-state index contributed by atoms with van der Waals surface area (Å²) in [6, 6.07) is 9.71. The molecule has 1 unspecified atom stereocenters. The number of hydrogen-bond donors (Lipinski definition) is 0. The number of benzene rings is 1. The van der Waals surface area contributed by atoms with E-state index in [2.05, 4.69) is 15.0 Å². The van der Waals surface area contributed by atoms with Crippen molar-refractivity contribution in [3.05, 3.63) is 36.2 Å². The van der Waals surface area contributed by atoms with Gasteiger partial charge < -0.3 is 4.52 Å². The summed E-state index contributed by atoms with van der Waals surface area (Å²) in [6.07, 6.45) is 4.34. The van der Waals surface area contributed by atoms with E-state index in [4.69, 9.17) is 4.52 Å². The van der Waals surface area contributed by atoms with Crippen LogP contribution in [0.2, 0.25) is 0 Å². The van der Waals surface area contributed by atoms with Crippen molar-refractivity contribution in [2.24, 2.45) is 0 Å². The summed E-state index contributed by atoms with van der Waals surface area (Å²) in [4.78, 5) is 6.68. The summed E-state index contributed by atoms with van der Waals surface area (Å²) in [6.45, 7) is 1.37. The molecule has 1 aliphatic rings. The topological polar surface area (TPSA) is 76.3 Å². The highest BCUT2D eigenvalue weighted by Gasteiger charge is 2.29. The van der Waals surface area contributed by atoms with Gasteiger partial charge in [0, 0.05) is 18.4 Å². The van der Waals surface area contributed by atoms with Gasteiger partial charge in [-0.2, -0.15) is 4.98 Å². The van der Waals surface area contributed by atoms with Gasteiger partial charge >= 0.3 is 0 Å². The van der Waals surface area contributed by atoms with Crippen LogP contribution in [-0.2, 0) is 9.84 Å². The standard InChI is InChI=1S/C16H21N3O3S/c1-23(20,21)12-11-19-10-6-5-9-14(19)16-17-15(18-22-16)13-7-3-2-4-8-13/h2-4,7-8,14H,5-6,9-12H2,1H3. The van der Waals surface area contributed by atoms with Crippen LogP contribution >= 0.6 is 0 Å². The molecule has 2 aromatic rings. The molecule has 0 saturated carbocycles. The Morgan fingerprint density at radius 1 is 1.26 bits per heavy atom. The molecular weight excluding hydrogens is 314 g/mol. The number of rotatable bonds is 5. The minimum Gasteiger partial charge on any atom is -0.337 e. The molecule has 3 rings (SSSR count). The minimum atomic E-state index is -2.98. The second kappa shape index (κ2) is 6.80. The Morgan fingerprint density at radius 2 is 2.04 bits per heavy atom. The van der Waals surface area contributed by atoms with E-state index in [1.165, 1.54) is 6.26 Å². The first-order valence-corrected chi connectivity index (χ1v) is 9.90. The van der Waals surface area contributed by atoms with Crippen molar-refractivity contribution in [1.29, 1.82) is 0 Å². The lowest BCUT2D eigenvalue weighted by atomic mass is 10.0. The Labute approximate surface area is 136 Å². The number of piperidine rings is 1. The molecule has 0 N–H and O–H groups in total. The van der Waals surface area contributed by atoms with E-state index in [0.717, 1.165) is 31.4 Å². The van der Waals surface area contributed by atoms with Crippen molar-refractivity contribution in [2.45, 2.75) is 25.3 Å². The van der Waals surface area contributed by atoms with Gasteiger partial charge in [0.2, 0.25) is 11.7 Å². The van der Waals surface area contributed by atoms with Gasteiger partial charge in [0.1, 0.15) is 9.84 Å². The normalized spacial score (nSPS) is 19.8. The second-order valence-corrected chi connectivity index (χ2v) is 8.26. The Morgan fingerprint density at radius 3 is 2.78 bits per heavy atom. The van der Waals surface area contributed by atoms with Gasteiger partial charge in [-0.15, -0.1) is 0 Å². The molecule has 0 spiro atoms. The van der Waals surface area contributed by atoms with Crippen molar-refractivity contribution in [3.8, 4) is 11.4 Å². The maximum atomic E-state index is 11.4. The summed E-state index contributed by atoms with van der Waals surface area (Å²) in [5.41, 5.74) is 0.918. The molecule has 0 radical (unpaired) electrons. The second-order valence-electron chi connectivity index (χ2n) is 6.00. The zero-order chi connectivity index (χ0) is 16.3. The molecule has 1 aromatic heterocycles. The molecule has 2 heterocycles. The minimum absolute atomic E-state index is 0.00969. The predicted octanol–water partition coefficient (Wildman–Crippen LogP) is 2.31. The fourth-order valence-electron chi connectivity index (χ4n) is 2.90. The van der Waals surface area contributed by atoms with Crippen LogP contribution < -0.4 is 0 Å². The van der Waals surface area contributed by atoms with Gasteiger partial charge in [-0.1, -0.05) is 41.9 Å². The zero-order valence-electron chi connectivity index (χ0n) is 13.2. The lowest BCUT2D eigenvalue weighted by Gasteiger charge is -2.32. The highest BCUT2D eigenvalue weighted by Crippen LogP contribution is 2.30. The molecule has 6 nitrogen and oxygen atoms in total. The SMILES string of the molecule is CS(=O)(=O)CCN1CCCCC1c1nc(-c2ccccc2)no1. The highest BCUT2D eigenvalue weighted by atomic mass is 32.2. The van der Waals surface area contributed by atoms with Crippen molar-refractivity contribution < 1.29 is 12.9 Å². The fourth-order valence-corrected chi connectivity index (χ4v) is 3.46. The molecular formula is C16H21N3O3S. The van der Waals surface area contributed by atoms with Crippen LogP contribution in [0, 0.1) is 0 Å². The number of aromatic nitrogens is 2. The summed E-state index contributed by atoms with van der Waals surface area (Å²) in [5.74, 6) is 1.31. The smallest absolute Gasteiger partial charge is 0.244 e. The van der Waals surface area contributed by atoms with Gasteiger partial charge in [-0.3, -0.25) is 4.90 Å². The molecule has 7 heteroatoms. The van der Waals surface area contributed by atoms with E-state index < -0.39 is 9.84 Å². The lowest BCUT2D eigenvalue weighted by molar-refractivity contribution is 0.126. The number of likely N-dealkylation sites (tertiary alicyclic amines) is 1. The third-order valence-corrected chi connectivity index (χ3v) is 5.05. The van der Waals surface area contributed by atoms with Gasteiger partial charge in [-0.05, 0) is 19.4 Å². The average Bonchev–Trinajstić information content (AvgIpc) is 3.03. The summed E-state index contributed by atoms with van der Waals surface area (Å²) in [5, 5.41) is 4.07. The molecule has 1 saturated heterocycles. The first-order valence-electron chi connectivity index (χ1n) is 7.84. The quantitative estimate of drug-likeness (QED) is 0.834. The van der Waals surface area contributed by atoms with Crippen molar-refractivity contribution in [3.63, 3.8) is 0 Å². The molecule has 1 aromatic carbocycles. The lowest BCUT2D eigenvalue weighted by Crippen LogP contribution is -2.36. The van der Waals surface area contributed by atoms with Crippen LogP contribution in [0.15, 0.2) is 34.9 Å². The molecule has 1 fully saturated rings. The van der Waals surface area contributed by atoms with Gasteiger partial charge in [-0.25, -0.2) is 8.42 Å². The van der Waals surface area contributed by atoms with Crippen molar-refractivity contribution >= 4 is 9.84 Å². The van der Waals surface area contributed by atoms with E-state index in [1.807, 2.05) is 30.3 Å². The number of sulfone groups is 1. The summed E-state index contributed by atoms with van der Waals surface area (Å²) >= 11 is 0.